The van der Waals surface area contributed by atoms with Gasteiger partial charge in [0.2, 0.25) is 5.91 Å². The molecule has 0 bridgehead atoms. The van der Waals surface area contributed by atoms with Crippen molar-refractivity contribution in [1.29, 1.82) is 0 Å². The van der Waals surface area contributed by atoms with Crippen LogP contribution in [0.25, 0.3) is 0 Å². The molecule has 10 nitrogen and oxygen atoms in total. The molecule has 0 radical (unpaired) electrons. The topological polar surface area (TPSA) is 111 Å². The molecule has 27 heavy (non-hydrogen) atoms. The summed E-state index contributed by atoms with van der Waals surface area (Å²) in [5.41, 5.74) is 0. The molecule has 0 aliphatic carbocycles. The highest BCUT2D eigenvalue weighted by Crippen LogP contribution is 2.36. The van der Waals surface area contributed by atoms with Crippen LogP contribution in [0.15, 0.2) is 31.0 Å². The van der Waals surface area contributed by atoms with Gasteiger partial charge in [0, 0.05) is 18.5 Å². The summed E-state index contributed by atoms with van der Waals surface area (Å²) < 4.78 is 1.52. The number of nitrogens with zero attached hydrogens (tertiary/aromatic N) is 7. The summed E-state index contributed by atoms with van der Waals surface area (Å²) in [7, 11) is 1.68. The van der Waals surface area contributed by atoms with E-state index in [0.717, 1.165) is 17.7 Å². The Balaban J connectivity index is 1.45. The smallest absolute Gasteiger partial charge is 0.266 e. The first kappa shape index (κ1) is 17.3. The molecule has 1 atom stereocenters. The fourth-order valence-corrected chi connectivity index (χ4v) is 4.19. The monoisotopic (exact) mass is 386 g/mol. The van der Waals surface area contributed by atoms with Gasteiger partial charge in [0.1, 0.15) is 19.2 Å². The highest BCUT2D eigenvalue weighted by molar-refractivity contribution is 7.14. The Bertz CT molecular complexity index is 947. The molecule has 4 rings (SSSR count). The van der Waals surface area contributed by atoms with Crippen molar-refractivity contribution in [2.45, 2.75) is 25.4 Å². The first-order valence-electron chi connectivity index (χ1n) is 8.49. The van der Waals surface area contributed by atoms with Crippen LogP contribution >= 0.6 is 11.3 Å². The maximum absolute atomic E-state index is 12.6. The molecule has 3 aromatic rings. The zero-order chi connectivity index (χ0) is 18.8. The van der Waals surface area contributed by atoms with Gasteiger partial charge in [-0.05, 0) is 25.0 Å². The van der Waals surface area contributed by atoms with Crippen molar-refractivity contribution in [2.24, 2.45) is 7.05 Å². The van der Waals surface area contributed by atoms with Crippen LogP contribution in [-0.2, 0) is 18.4 Å². The summed E-state index contributed by atoms with van der Waals surface area (Å²) in [4.78, 5) is 33.7. The molecule has 1 saturated heterocycles. The predicted octanol–water partition coefficient (Wildman–Crippen LogP) is 1.08. The van der Waals surface area contributed by atoms with Crippen molar-refractivity contribution in [3.05, 3.63) is 40.7 Å². The van der Waals surface area contributed by atoms with E-state index in [4.69, 9.17) is 0 Å². The number of aryl methyl sites for hydroxylation is 1. The molecule has 0 unspecified atom stereocenters. The molecule has 140 valence electrons. The Labute approximate surface area is 158 Å². The van der Waals surface area contributed by atoms with Crippen molar-refractivity contribution in [3.63, 3.8) is 0 Å². The summed E-state index contributed by atoms with van der Waals surface area (Å²) in [5, 5.41) is 14.7. The minimum atomic E-state index is -0.231. The number of carbonyl (C=O) groups excluding carboxylic acids is 2. The second-order valence-electron chi connectivity index (χ2n) is 6.21. The number of hydrogen-bond acceptors (Lipinski definition) is 7. The summed E-state index contributed by atoms with van der Waals surface area (Å²) in [6.45, 7) is 0.874. The molecule has 0 aromatic carbocycles. The van der Waals surface area contributed by atoms with Crippen LogP contribution in [0.4, 0.5) is 5.82 Å². The van der Waals surface area contributed by atoms with Crippen LogP contribution in [0.1, 0.15) is 33.4 Å². The summed E-state index contributed by atoms with van der Waals surface area (Å²) in [6.07, 6.45) is 6.26. The van der Waals surface area contributed by atoms with Gasteiger partial charge in [0.05, 0.1) is 17.1 Å². The van der Waals surface area contributed by atoms with Crippen LogP contribution < -0.4 is 5.32 Å². The summed E-state index contributed by atoms with van der Waals surface area (Å²) in [6, 6.07) is 3.69. The first-order valence-corrected chi connectivity index (χ1v) is 9.31. The number of thiophene rings is 1. The Kier molecular flexibility index (Phi) is 4.67. The molecule has 4 heterocycles. The lowest BCUT2D eigenvalue weighted by Gasteiger charge is -2.23. The van der Waals surface area contributed by atoms with Crippen LogP contribution in [-0.4, -0.2) is 53.0 Å². The molecule has 1 aliphatic rings. The number of rotatable bonds is 5. The van der Waals surface area contributed by atoms with E-state index in [1.165, 1.54) is 39.7 Å². The van der Waals surface area contributed by atoms with Gasteiger partial charge < -0.3 is 10.2 Å². The molecule has 11 heteroatoms. The fourth-order valence-electron chi connectivity index (χ4n) is 3.14. The van der Waals surface area contributed by atoms with Crippen molar-refractivity contribution >= 4 is 29.0 Å². The first-order chi connectivity index (χ1) is 13.1. The molecule has 0 spiro atoms. The summed E-state index contributed by atoms with van der Waals surface area (Å²) >= 11 is 1.40. The third-order valence-electron chi connectivity index (χ3n) is 4.36. The second-order valence-corrected chi connectivity index (χ2v) is 7.33. The normalized spacial score (nSPS) is 16.6. The van der Waals surface area contributed by atoms with Crippen LogP contribution in [0.5, 0.6) is 0 Å². The number of likely N-dealkylation sites (tertiary alicyclic amines) is 1. The minimum absolute atomic E-state index is 0.00182. The molecule has 0 saturated carbocycles. The molecule has 1 N–H and O–H groups in total. The number of nitrogens with one attached hydrogen (secondary N) is 1. The molecule has 3 aromatic heterocycles. The molecule has 1 fully saturated rings. The van der Waals surface area contributed by atoms with Crippen molar-refractivity contribution in [1.82, 2.24) is 34.7 Å². The lowest BCUT2D eigenvalue weighted by atomic mass is 10.2. The number of hydrogen-bond donors (Lipinski definition) is 1. The SMILES string of the molecule is Cn1ncc(NC(=O)c2ccc([C@@H]3CCCN3C(=O)Cn3cncn3)s2)n1. The van der Waals surface area contributed by atoms with E-state index < -0.39 is 0 Å². The van der Waals surface area contributed by atoms with Crippen molar-refractivity contribution < 1.29 is 9.59 Å². The van der Waals surface area contributed by atoms with Gasteiger partial charge in [0.15, 0.2) is 5.82 Å². The van der Waals surface area contributed by atoms with E-state index in [9.17, 15) is 9.59 Å². The third-order valence-corrected chi connectivity index (χ3v) is 5.54. The Morgan fingerprint density at radius 2 is 2.22 bits per heavy atom. The van der Waals surface area contributed by atoms with Crippen LogP contribution in [0.3, 0.4) is 0 Å². The average Bonchev–Trinajstić information content (AvgIpc) is 3.42. The van der Waals surface area contributed by atoms with E-state index in [1.807, 2.05) is 11.0 Å². The Hall–Kier alpha value is -3.08. The highest BCUT2D eigenvalue weighted by Gasteiger charge is 2.31. The Morgan fingerprint density at radius 1 is 1.33 bits per heavy atom. The zero-order valence-electron chi connectivity index (χ0n) is 14.6. The molecular weight excluding hydrogens is 368 g/mol. The van der Waals surface area contributed by atoms with Gasteiger partial charge in [-0.15, -0.1) is 16.4 Å². The van der Waals surface area contributed by atoms with Gasteiger partial charge in [-0.3, -0.25) is 9.59 Å². The third kappa shape index (κ3) is 3.72. The van der Waals surface area contributed by atoms with Crippen molar-refractivity contribution in [2.75, 3.05) is 11.9 Å². The predicted molar refractivity (Wildman–Crippen MR) is 97.0 cm³/mol. The molecule has 2 amide bonds. The van der Waals surface area contributed by atoms with Gasteiger partial charge in [-0.25, -0.2) is 9.67 Å². The molecule has 1 aliphatic heterocycles. The van der Waals surface area contributed by atoms with Crippen LogP contribution in [0.2, 0.25) is 0 Å². The highest BCUT2D eigenvalue weighted by atomic mass is 32.1. The lowest BCUT2D eigenvalue weighted by Crippen LogP contribution is -2.33. The van der Waals surface area contributed by atoms with E-state index in [1.54, 1.807) is 13.1 Å². The maximum Gasteiger partial charge on any atom is 0.266 e. The fraction of sp³-hybridized carbons (Fsp3) is 0.375. The second kappa shape index (κ2) is 7.27. The van der Waals surface area contributed by atoms with Gasteiger partial charge in [0.25, 0.3) is 5.91 Å². The van der Waals surface area contributed by atoms with E-state index in [-0.39, 0.29) is 24.4 Å². The number of carbonyl (C=O) groups is 2. The Morgan fingerprint density at radius 3 is 2.96 bits per heavy atom. The number of aromatic nitrogens is 6. The van der Waals surface area contributed by atoms with E-state index in [0.29, 0.717) is 17.2 Å². The largest absolute Gasteiger partial charge is 0.333 e. The zero-order valence-corrected chi connectivity index (χ0v) is 15.5. The van der Waals surface area contributed by atoms with Gasteiger partial charge >= 0.3 is 0 Å². The number of anilines is 1. The van der Waals surface area contributed by atoms with E-state index >= 15 is 0 Å². The standard InChI is InChI=1S/C16H18N8O2S/c1-22-18-7-14(21-22)20-16(26)13-5-4-12(27-13)11-3-2-6-24(11)15(25)8-23-10-17-9-19-23/h4-5,7,9-11H,2-3,6,8H2,1H3,(H,20,21,26)/t11-/m0/s1. The average molecular weight is 386 g/mol. The molecular formula is C16H18N8O2S. The summed E-state index contributed by atoms with van der Waals surface area (Å²) in [5.74, 6) is 0.176. The quantitative estimate of drug-likeness (QED) is 0.703. The van der Waals surface area contributed by atoms with E-state index in [2.05, 4.69) is 25.6 Å². The minimum Gasteiger partial charge on any atom is -0.333 e. The maximum atomic E-state index is 12.6. The lowest BCUT2D eigenvalue weighted by molar-refractivity contribution is -0.132. The number of amides is 2. The van der Waals surface area contributed by atoms with Gasteiger partial charge in [-0.2, -0.15) is 15.0 Å². The van der Waals surface area contributed by atoms with Gasteiger partial charge in [-0.1, -0.05) is 0 Å². The van der Waals surface area contributed by atoms with Crippen molar-refractivity contribution in [3.8, 4) is 0 Å². The van der Waals surface area contributed by atoms with Crippen LogP contribution in [0, 0.1) is 0 Å².